The minimum Gasteiger partial charge on any atom is -0.444 e. The fourth-order valence-corrected chi connectivity index (χ4v) is 7.31. The smallest absolute Gasteiger partial charge is 0.417 e. The van der Waals surface area contributed by atoms with Crippen molar-refractivity contribution in [1.29, 1.82) is 0 Å². The molecule has 2 atom stereocenters. The number of carbonyl (C=O) groups excluding carboxylic acids is 4. The average molecular weight is 705 g/mol. The van der Waals surface area contributed by atoms with Gasteiger partial charge in [0.25, 0.3) is 0 Å². The first-order chi connectivity index (χ1) is 24.9. The van der Waals surface area contributed by atoms with E-state index in [0.29, 0.717) is 24.1 Å². The summed E-state index contributed by atoms with van der Waals surface area (Å²) in [7, 11) is 0. The Kier molecular flexibility index (Phi) is 10.4. The molecule has 4 amide bonds. The van der Waals surface area contributed by atoms with Crippen LogP contribution in [0.4, 0.5) is 21.9 Å². The highest BCUT2D eigenvalue weighted by Crippen LogP contribution is 2.41. The highest BCUT2D eigenvalue weighted by molar-refractivity contribution is 8.15. The van der Waals surface area contributed by atoms with Gasteiger partial charge in [0.1, 0.15) is 17.9 Å². The van der Waals surface area contributed by atoms with Gasteiger partial charge in [-0.15, -0.1) is 0 Å². The molecule has 12 nitrogen and oxygen atoms in total. The van der Waals surface area contributed by atoms with Gasteiger partial charge in [-0.3, -0.25) is 24.3 Å². The topological polar surface area (TPSA) is 134 Å². The number of aromatic nitrogens is 1. The first-order valence-corrected chi connectivity index (χ1v) is 17.6. The maximum atomic E-state index is 13.9. The maximum Gasteiger partial charge on any atom is 0.417 e. The fraction of sp³-hybridized carbons (Fsp3) is 0.263. The van der Waals surface area contributed by atoms with E-state index in [1.54, 1.807) is 35.4 Å². The number of carbonyl (C=O) groups is 4. The van der Waals surface area contributed by atoms with Gasteiger partial charge in [0.15, 0.2) is 5.17 Å². The number of morpholine rings is 1. The molecule has 7 rings (SSSR count). The zero-order chi connectivity index (χ0) is 35.2. The predicted molar refractivity (Wildman–Crippen MR) is 193 cm³/mol. The molecular formula is C38H36N6O6S. The van der Waals surface area contributed by atoms with Crippen LogP contribution in [0.1, 0.15) is 34.9 Å². The number of benzene rings is 3. The van der Waals surface area contributed by atoms with E-state index in [0.717, 1.165) is 46.2 Å². The number of aliphatic imine (C=N–C) groups is 1. The highest BCUT2D eigenvalue weighted by atomic mass is 32.2. The lowest BCUT2D eigenvalue weighted by molar-refractivity contribution is -0.131. The van der Waals surface area contributed by atoms with Gasteiger partial charge >= 0.3 is 6.09 Å². The van der Waals surface area contributed by atoms with E-state index in [2.05, 4.69) is 15.2 Å². The number of imide groups is 1. The second-order valence-electron chi connectivity index (χ2n) is 12.2. The molecule has 0 bridgehead atoms. The van der Waals surface area contributed by atoms with Crippen molar-refractivity contribution < 1.29 is 28.7 Å². The molecule has 3 saturated heterocycles. The summed E-state index contributed by atoms with van der Waals surface area (Å²) in [4.78, 5) is 66.7. The van der Waals surface area contributed by atoms with E-state index in [9.17, 15) is 19.2 Å². The van der Waals surface area contributed by atoms with Crippen LogP contribution in [0.5, 0.6) is 0 Å². The number of hydrogen-bond donors (Lipinski definition) is 1. The van der Waals surface area contributed by atoms with Gasteiger partial charge in [0, 0.05) is 37.1 Å². The largest absolute Gasteiger partial charge is 0.444 e. The third-order valence-corrected chi connectivity index (χ3v) is 10.1. The third kappa shape index (κ3) is 7.95. The number of thioether (sulfide) groups is 1. The lowest BCUT2D eigenvalue weighted by Gasteiger charge is -2.28. The number of anilines is 2. The number of likely N-dealkylation sites (tertiary alicyclic amines) is 1. The number of nitrogens with zero attached hydrogens (tertiary/aromatic N) is 5. The van der Waals surface area contributed by atoms with Crippen LogP contribution < -0.4 is 10.2 Å². The van der Waals surface area contributed by atoms with E-state index in [1.165, 1.54) is 11.8 Å². The van der Waals surface area contributed by atoms with Crippen LogP contribution in [-0.2, 0) is 37.0 Å². The molecule has 1 unspecified atom stereocenters. The number of amidine groups is 1. The second kappa shape index (κ2) is 15.6. The predicted octanol–water partition coefficient (Wildman–Crippen LogP) is 5.69. The molecular weight excluding hydrogens is 669 g/mol. The molecule has 3 aliphatic heterocycles. The normalized spacial score (nSPS) is 19.8. The first kappa shape index (κ1) is 33.9. The van der Waals surface area contributed by atoms with Crippen LogP contribution in [-0.4, -0.2) is 76.1 Å². The van der Waals surface area contributed by atoms with Gasteiger partial charge in [-0.25, -0.2) is 14.7 Å². The molecule has 3 aliphatic rings. The summed E-state index contributed by atoms with van der Waals surface area (Å²) in [5, 5.41) is 2.82. The standard InChI is InChI=1S/C38H36N6O6S/c45-33-18-17-32(44(33)38(48)50-25-26-6-2-1-3-7-26)35(46)40-28-11-9-27(10-12-28)34-36(47)43(24-30-8-4-5-19-39-30)37(51-34)41-29-13-15-31(16-14-29)42-20-22-49-23-21-42/h1-16,19,32,34H,17-18,20-25H2,(H,40,46)/t32-,34?/m0/s1. The summed E-state index contributed by atoms with van der Waals surface area (Å²) in [6, 6.07) is 28.7. The molecule has 4 heterocycles. The fourth-order valence-electron chi connectivity index (χ4n) is 6.14. The monoisotopic (exact) mass is 704 g/mol. The molecule has 3 fully saturated rings. The van der Waals surface area contributed by atoms with E-state index >= 15 is 0 Å². The van der Waals surface area contributed by atoms with Crippen molar-refractivity contribution in [3.05, 3.63) is 120 Å². The van der Waals surface area contributed by atoms with Crippen LogP contribution >= 0.6 is 11.8 Å². The van der Waals surface area contributed by atoms with Crippen molar-refractivity contribution in [2.24, 2.45) is 4.99 Å². The molecule has 260 valence electrons. The van der Waals surface area contributed by atoms with Gasteiger partial charge in [0.05, 0.1) is 31.1 Å². The van der Waals surface area contributed by atoms with Crippen LogP contribution in [0.3, 0.4) is 0 Å². The van der Waals surface area contributed by atoms with E-state index in [-0.39, 0.29) is 31.9 Å². The minimum absolute atomic E-state index is 0.00985. The summed E-state index contributed by atoms with van der Waals surface area (Å²) in [6.07, 6.45) is 1.10. The highest BCUT2D eigenvalue weighted by Gasteiger charge is 2.42. The average Bonchev–Trinajstić information content (AvgIpc) is 3.71. The number of hydrogen-bond acceptors (Lipinski definition) is 10. The summed E-state index contributed by atoms with van der Waals surface area (Å²) in [6.45, 7) is 3.33. The van der Waals surface area contributed by atoms with Crippen molar-refractivity contribution in [3.63, 3.8) is 0 Å². The summed E-state index contributed by atoms with van der Waals surface area (Å²) in [5.74, 6) is -1.08. The molecule has 1 N–H and O–H groups in total. The molecule has 3 aromatic carbocycles. The molecule has 0 radical (unpaired) electrons. The Morgan fingerprint density at radius 2 is 1.67 bits per heavy atom. The van der Waals surface area contributed by atoms with E-state index < -0.39 is 29.2 Å². The van der Waals surface area contributed by atoms with Crippen molar-refractivity contribution in [2.45, 2.75) is 37.3 Å². The molecule has 4 aromatic rings. The molecule has 0 spiro atoms. The molecule has 0 saturated carbocycles. The first-order valence-electron chi connectivity index (χ1n) is 16.8. The Morgan fingerprint density at radius 1 is 0.922 bits per heavy atom. The Hall–Kier alpha value is -5.53. The Morgan fingerprint density at radius 3 is 2.39 bits per heavy atom. The Balaban J connectivity index is 1.04. The van der Waals surface area contributed by atoms with Gasteiger partial charge < -0.3 is 19.7 Å². The van der Waals surface area contributed by atoms with Crippen molar-refractivity contribution >= 4 is 57.8 Å². The number of ether oxygens (including phenoxy) is 2. The SMILES string of the molecule is O=C(Nc1ccc(C2SC(=Nc3ccc(N4CCOCC4)cc3)N(Cc3ccccn3)C2=O)cc1)[C@@H]1CCC(=O)N1C(=O)OCc1ccccc1. The van der Waals surface area contributed by atoms with Crippen LogP contribution in [0.2, 0.25) is 0 Å². The summed E-state index contributed by atoms with van der Waals surface area (Å²) >= 11 is 1.36. The molecule has 1 aromatic heterocycles. The maximum absolute atomic E-state index is 13.9. The van der Waals surface area contributed by atoms with Crippen LogP contribution in [0, 0.1) is 0 Å². The van der Waals surface area contributed by atoms with Crippen molar-refractivity contribution in [3.8, 4) is 0 Å². The molecule has 0 aliphatic carbocycles. The van der Waals surface area contributed by atoms with Gasteiger partial charge in [-0.05, 0) is 66.1 Å². The number of amides is 4. The quantitative estimate of drug-likeness (QED) is 0.233. The lowest BCUT2D eigenvalue weighted by Crippen LogP contribution is -2.45. The van der Waals surface area contributed by atoms with Crippen molar-refractivity contribution in [1.82, 2.24) is 14.8 Å². The van der Waals surface area contributed by atoms with Crippen LogP contribution in [0.25, 0.3) is 0 Å². The van der Waals surface area contributed by atoms with E-state index in [1.807, 2.05) is 72.8 Å². The van der Waals surface area contributed by atoms with Gasteiger partial charge in [-0.1, -0.05) is 60.3 Å². The Bertz CT molecular complexity index is 1900. The Labute approximate surface area is 299 Å². The third-order valence-electron chi connectivity index (χ3n) is 8.84. The van der Waals surface area contributed by atoms with Crippen molar-refractivity contribution in [2.75, 3.05) is 36.5 Å². The molecule has 13 heteroatoms. The summed E-state index contributed by atoms with van der Waals surface area (Å²) in [5.41, 5.74) is 4.55. The zero-order valence-corrected chi connectivity index (χ0v) is 28.5. The van der Waals surface area contributed by atoms with Gasteiger partial charge in [0.2, 0.25) is 17.7 Å². The second-order valence-corrected chi connectivity index (χ2v) is 13.3. The van der Waals surface area contributed by atoms with Gasteiger partial charge in [-0.2, -0.15) is 0 Å². The zero-order valence-electron chi connectivity index (χ0n) is 27.7. The minimum atomic E-state index is -0.991. The summed E-state index contributed by atoms with van der Waals surface area (Å²) < 4.78 is 10.8. The number of nitrogens with one attached hydrogen (secondary N) is 1. The number of pyridine rings is 1. The van der Waals surface area contributed by atoms with Crippen LogP contribution in [0.15, 0.2) is 108 Å². The van der Waals surface area contributed by atoms with E-state index in [4.69, 9.17) is 14.5 Å². The molecule has 51 heavy (non-hydrogen) atoms. The number of rotatable bonds is 9. The lowest BCUT2D eigenvalue weighted by atomic mass is 10.1.